The maximum atomic E-state index is 12.7. The lowest BCUT2D eigenvalue weighted by molar-refractivity contribution is -0.117. The van der Waals surface area contributed by atoms with Crippen LogP contribution in [0, 0.1) is 0 Å². The first kappa shape index (κ1) is 21.2. The lowest BCUT2D eigenvalue weighted by Gasteiger charge is -2.31. The minimum atomic E-state index is -2.64. The molecule has 0 unspecified atom stereocenters. The Bertz CT molecular complexity index is 830. The van der Waals surface area contributed by atoms with Gasteiger partial charge in [0.05, 0.1) is 12.1 Å². The van der Waals surface area contributed by atoms with Crippen molar-refractivity contribution in [1.82, 2.24) is 15.2 Å². The van der Waals surface area contributed by atoms with Gasteiger partial charge in [0.2, 0.25) is 5.91 Å². The molecule has 0 aliphatic carbocycles. The molecule has 1 aliphatic rings. The smallest absolute Gasteiger partial charge is 0.290 e. The number of nitrogens with zero attached hydrogens (tertiary/aromatic N) is 2. The number of para-hydroxylation sites is 1. The van der Waals surface area contributed by atoms with Crippen LogP contribution in [0.15, 0.2) is 53.7 Å². The third-order valence-electron chi connectivity index (χ3n) is 4.56. The molecule has 3 rings (SSSR count). The molecule has 2 aromatic rings. The van der Waals surface area contributed by atoms with Crippen molar-refractivity contribution in [1.29, 1.82) is 0 Å². The van der Waals surface area contributed by atoms with Gasteiger partial charge in [-0.3, -0.25) is 14.5 Å². The number of carbonyl (C=O) groups excluding carboxylic acids is 2. The number of pyridine rings is 1. The van der Waals surface area contributed by atoms with Crippen molar-refractivity contribution < 1.29 is 18.4 Å². The zero-order valence-electron chi connectivity index (χ0n) is 15.7. The van der Waals surface area contributed by atoms with E-state index in [9.17, 15) is 18.4 Å². The summed E-state index contributed by atoms with van der Waals surface area (Å²) in [5, 5.41) is 5.78. The van der Waals surface area contributed by atoms with Crippen molar-refractivity contribution in [3.63, 3.8) is 0 Å². The maximum Gasteiger partial charge on any atom is 0.290 e. The number of nitrogens with one attached hydrogen (secondary N) is 2. The second kappa shape index (κ2) is 10.3. The van der Waals surface area contributed by atoms with E-state index >= 15 is 0 Å². The lowest BCUT2D eigenvalue weighted by Crippen LogP contribution is -2.46. The molecule has 1 aromatic carbocycles. The van der Waals surface area contributed by atoms with Gasteiger partial charge in [-0.1, -0.05) is 18.2 Å². The van der Waals surface area contributed by atoms with Crippen molar-refractivity contribution in [2.45, 2.75) is 29.7 Å². The summed E-state index contributed by atoms with van der Waals surface area (Å²) in [6.07, 6.45) is 2.75. The summed E-state index contributed by atoms with van der Waals surface area (Å²) in [6, 6.07) is 12.2. The minimum absolute atomic E-state index is 0.0232. The number of aromatic nitrogens is 1. The van der Waals surface area contributed by atoms with Crippen molar-refractivity contribution >= 4 is 29.3 Å². The van der Waals surface area contributed by atoms with Crippen LogP contribution in [0.3, 0.4) is 0 Å². The van der Waals surface area contributed by atoms with Gasteiger partial charge in [-0.2, -0.15) is 8.78 Å². The van der Waals surface area contributed by atoms with Crippen molar-refractivity contribution in [3.8, 4) is 0 Å². The molecule has 6 nitrogen and oxygen atoms in total. The van der Waals surface area contributed by atoms with Gasteiger partial charge >= 0.3 is 0 Å². The normalized spacial score (nSPS) is 15.3. The number of thioether (sulfide) groups is 1. The number of likely N-dealkylation sites (tertiary alicyclic amines) is 1. The highest BCUT2D eigenvalue weighted by Crippen LogP contribution is 2.26. The minimum Gasteiger partial charge on any atom is -0.349 e. The predicted molar refractivity (Wildman–Crippen MR) is 108 cm³/mol. The molecule has 1 saturated heterocycles. The average molecular weight is 420 g/mol. The molecule has 2 N–H and O–H groups in total. The van der Waals surface area contributed by atoms with Gasteiger partial charge in [0.15, 0.2) is 0 Å². The number of carbonyl (C=O) groups is 2. The predicted octanol–water partition coefficient (Wildman–Crippen LogP) is 3.23. The highest BCUT2D eigenvalue weighted by Gasteiger charge is 2.24. The van der Waals surface area contributed by atoms with Gasteiger partial charge in [-0.25, -0.2) is 4.98 Å². The van der Waals surface area contributed by atoms with Gasteiger partial charge in [0, 0.05) is 31.0 Å². The molecule has 0 spiro atoms. The van der Waals surface area contributed by atoms with E-state index in [0.717, 1.165) is 5.69 Å². The summed E-state index contributed by atoms with van der Waals surface area (Å²) in [4.78, 5) is 30.6. The molecule has 9 heteroatoms. The van der Waals surface area contributed by atoms with E-state index in [0.29, 0.717) is 25.9 Å². The molecule has 0 radical (unpaired) electrons. The number of piperidine rings is 1. The quantitative estimate of drug-likeness (QED) is 0.673. The van der Waals surface area contributed by atoms with Crippen LogP contribution in [0.5, 0.6) is 0 Å². The Balaban J connectivity index is 1.46. The molecule has 0 atom stereocenters. The number of halogens is 2. The van der Waals surface area contributed by atoms with Gasteiger partial charge in [-0.05, 0) is 48.9 Å². The SMILES string of the molecule is O=C(CN1CCC(NC(=O)c2cccnc2SC(F)F)CC1)Nc1ccccc1. The number of alkyl halides is 2. The van der Waals surface area contributed by atoms with Crippen LogP contribution in [0.4, 0.5) is 14.5 Å². The van der Waals surface area contributed by atoms with Gasteiger partial charge in [-0.15, -0.1) is 0 Å². The van der Waals surface area contributed by atoms with Crippen molar-refractivity contribution in [2.75, 3.05) is 25.0 Å². The fourth-order valence-corrected chi connectivity index (χ4v) is 3.74. The molecule has 29 heavy (non-hydrogen) atoms. The summed E-state index contributed by atoms with van der Waals surface area (Å²) >= 11 is 0.265. The number of hydrogen-bond acceptors (Lipinski definition) is 5. The van der Waals surface area contributed by atoms with Crippen LogP contribution in [0.1, 0.15) is 23.2 Å². The highest BCUT2D eigenvalue weighted by atomic mass is 32.2. The van der Waals surface area contributed by atoms with Crippen molar-refractivity contribution in [3.05, 3.63) is 54.2 Å². The Kier molecular flexibility index (Phi) is 7.54. The summed E-state index contributed by atoms with van der Waals surface area (Å²) < 4.78 is 25.3. The number of benzene rings is 1. The zero-order valence-corrected chi connectivity index (χ0v) is 16.5. The Morgan fingerprint density at radius 1 is 1.14 bits per heavy atom. The van der Waals surface area contributed by atoms with Crippen LogP contribution in [-0.4, -0.2) is 53.1 Å². The third-order valence-corrected chi connectivity index (χ3v) is 5.29. The second-order valence-corrected chi connectivity index (χ2v) is 7.65. The first-order valence-electron chi connectivity index (χ1n) is 9.29. The van der Waals surface area contributed by atoms with E-state index in [2.05, 4.69) is 15.6 Å². The molecule has 1 aromatic heterocycles. The Hall–Kier alpha value is -2.52. The fourth-order valence-electron chi connectivity index (χ4n) is 3.17. The van der Waals surface area contributed by atoms with E-state index in [-0.39, 0.29) is 40.8 Å². The summed E-state index contributed by atoms with van der Waals surface area (Å²) in [7, 11) is 0. The first-order chi connectivity index (χ1) is 14.0. The molecule has 0 saturated carbocycles. The zero-order chi connectivity index (χ0) is 20.6. The highest BCUT2D eigenvalue weighted by molar-refractivity contribution is 7.99. The monoisotopic (exact) mass is 420 g/mol. The number of anilines is 1. The van der Waals surface area contributed by atoms with E-state index in [1.54, 1.807) is 6.07 Å². The Morgan fingerprint density at radius 2 is 1.86 bits per heavy atom. The second-order valence-electron chi connectivity index (χ2n) is 6.67. The van der Waals surface area contributed by atoms with Gasteiger partial charge < -0.3 is 10.6 Å². The molecular formula is C20H22F2N4O2S. The maximum absolute atomic E-state index is 12.7. The van der Waals surface area contributed by atoms with E-state index in [4.69, 9.17) is 0 Å². The Morgan fingerprint density at radius 3 is 2.55 bits per heavy atom. The van der Waals surface area contributed by atoms with Crippen LogP contribution < -0.4 is 10.6 Å². The first-order valence-corrected chi connectivity index (χ1v) is 10.2. The van der Waals surface area contributed by atoms with Crippen LogP contribution in [0.2, 0.25) is 0 Å². The fraction of sp³-hybridized carbons (Fsp3) is 0.350. The topological polar surface area (TPSA) is 74.3 Å². The summed E-state index contributed by atoms with van der Waals surface area (Å²) in [5.41, 5.74) is 0.913. The Labute approximate surface area is 172 Å². The molecule has 2 heterocycles. The lowest BCUT2D eigenvalue weighted by atomic mass is 10.0. The molecule has 1 aliphatic heterocycles. The van der Waals surface area contributed by atoms with Gasteiger partial charge in [0.25, 0.3) is 11.7 Å². The van der Waals surface area contributed by atoms with Crippen LogP contribution >= 0.6 is 11.8 Å². The molecule has 2 amide bonds. The molecule has 154 valence electrons. The molecule has 0 bridgehead atoms. The largest absolute Gasteiger partial charge is 0.349 e. The van der Waals surface area contributed by atoms with Gasteiger partial charge in [0.1, 0.15) is 5.03 Å². The van der Waals surface area contributed by atoms with E-state index in [1.165, 1.54) is 12.3 Å². The number of rotatable bonds is 7. The van der Waals surface area contributed by atoms with Crippen LogP contribution in [-0.2, 0) is 4.79 Å². The number of amides is 2. The average Bonchev–Trinajstić information content (AvgIpc) is 2.70. The molecule has 1 fully saturated rings. The van der Waals surface area contributed by atoms with Crippen molar-refractivity contribution in [2.24, 2.45) is 0 Å². The van der Waals surface area contributed by atoms with E-state index in [1.807, 2.05) is 35.2 Å². The molecular weight excluding hydrogens is 398 g/mol. The standard InChI is InChI=1S/C20H22F2N4O2S/c21-20(22)29-19-16(7-4-10-23-19)18(28)25-15-8-11-26(12-9-15)13-17(27)24-14-5-2-1-3-6-14/h1-7,10,15,20H,8-9,11-13H2,(H,24,27)(H,25,28). The van der Waals surface area contributed by atoms with E-state index < -0.39 is 11.7 Å². The summed E-state index contributed by atoms with van der Waals surface area (Å²) in [5.74, 6) is -3.12. The van der Waals surface area contributed by atoms with Crippen LogP contribution in [0.25, 0.3) is 0 Å². The summed E-state index contributed by atoms with van der Waals surface area (Å²) in [6.45, 7) is 1.62. The number of hydrogen-bond donors (Lipinski definition) is 2. The third kappa shape index (κ3) is 6.50.